The molecule has 0 saturated carbocycles. The van der Waals surface area contributed by atoms with Gasteiger partial charge in [0, 0.05) is 11.8 Å². The van der Waals surface area contributed by atoms with Gasteiger partial charge >= 0.3 is 6.01 Å². The number of benzene rings is 1. The molecular weight excluding hydrogens is 250 g/mol. The minimum Gasteiger partial charge on any atom is -0.407 e. The summed E-state index contributed by atoms with van der Waals surface area (Å²) in [6.45, 7) is 1.39. The highest BCUT2D eigenvalue weighted by Crippen LogP contribution is 2.17. The molecule has 1 aromatic carbocycles. The predicted octanol–water partition coefficient (Wildman–Crippen LogP) is 2.34. The highest BCUT2D eigenvalue weighted by atomic mass is 32.2. The number of hydrogen-bond acceptors (Lipinski definition) is 5. The molecule has 1 aromatic heterocycles. The number of aromatic nitrogens is 2. The molecule has 5 nitrogen and oxygen atoms in total. The summed E-state index contributed by atoms with van der Waals surface area (Å²) in [5.74, 6) is 0.255. The van der Waals surface area contributed by atoms with Gasteiger partial charge in [0.2, 0.25) is 11.8 Å². The fourth-order valence-corrected chi connectivity index (χ4v) is 1.85. The average Bonchev–Trinajstić information content (AvgIpc) is 2.76. The molecule has 0 saturated heterocycles. The molecule has 18 heavy (non-hydrogen) atoms. The normalized spacial score (nSPS) is 10.3. The zero-order valence-electron chi connectivity index (χ0n) is 10.1. The first-order valence-corrected chi connectivity index (χ1v) is 6.63. The van der Waals surface area contributed by atoms with E-state index in [9.17, 15) is 4.79 Å². The lowest BCUT2D eigenvalue weighted by Gasteiger charge is -1.99. The summed E-state index contributed by atoms with van der Waals surface area (Å²) in [5.41, 5.74) is 1.09. The SMILES string of the molecule is CSc1ccc(Cc2nnc(NC(C)=O)o2)cc1. The molecule has 0 bridgehead atoms. The lowest BCUT2D eigenvalue weighted by atomic mass is 10.1. The van der Waals surface area contributed by atoms with E-state index in [4.69, 9.17) is 4.42 Å². The Morgan fingerprint density at radius 1 is 1.33 bits per heavy atom. The van der Waals surface area contributed by atoms with E-state index in [1.54, 1.807) is 11.8 Å². The van der Waals surface area contributed by atoms with Crippen LogP contribution in [0.25, 0.3) is 0 Å². The number of carbonyl (C=O) groups excluding carboxylic acids is 1. The molecule has 0 spiro atoms. The van der Waals surface area contributed by atoms with Gasteiger partial charge in [0.05, 0.1) is 6.42 Å². The van der Waals surface area contributed by atoms with Crippen molar-refractivity contribution in [1.82, 2.24) is 10.2 Å². The summed E-state index contributed by atoms with van der Waals surface area (Å²) in [7, 11) is 0. The van der Waals surface area contributed by atoms with E-state index in [1.807, 2.05) is 30.5 Å². The summed E-state index contributed by atoms with van der Waals surface area (Å²) >= 11 is 1.70. The molecule has 94 valence electrons. The third-order valence-electron chi connectivity index (χ3n) is 2.26. The highest BCUT2D eigenvalue weighted by Gasteiger charge is 2.07. The molecule has 1 amide bonds. The van der Waals surface area contributed by atoms with Gasteiger partial charge in [0.1, 0.15) is 0 Å². The summed E-state index contributed by atoms with van der Waals surface area (Å²) in [6.07, 6.45) is 2.59. The van der Waals surface area contributed by atoms with Crippen LogP contribution in [0, 0.1) is 0 Å². The van der Waals surface area contributed by atoms with Crippen LogP contribution < -0.4 is 5.32 Å². The second-order valence-electron chi connectivity index (χ2n) is 3.71. The van der Waals surface area contributed by atoms with Crippen molar-refractivity contribution in [2.45, 2.75) is 18.2 Å². The Hall–Kier alpha value is -1.82. The molecule has 0 aliphatic carbocycles. The van der Waals surface area contributed by atoms with Crippen molar-refractivity contribution in [3.63, 3.8) is 0 Å². The van der Waals surface area contributed by atoms with E-state index in [-0.39, 0.29) is 11.9 Å². The summed E-state index contributed by atoms with van der Waals surface area (Å²) in [4.78, 5) is 12.0. The Balaban J connectivity index is 2.03. The van der Waals surface area contributed by atoms with Gasteiger partial charge in [-0.05, 0) is 24.0 Å². The van der Waals surface area contributed by atoms with Crippen molar-refractivity contribution in [2.75, 3.05) is 11.6 Å². The van der Waals surface area contributed by atoms with Gasteiger partial charge in [-0.3, -0.25) is 10.1 Å². The lowest BCUT2D eigenvalue weighted by molar-refractivity contribution is -0.114. The number of thioether (sulfide) groups is 1. The van der Waals surface area contributed by atoms with Crippen LogP contribution in [-0.4, -0.2) is 22.4 Å². The monoisotopic (exact) mass is 263 g/mol. The van der Waals surface area contributed by atoms with E-state index >= 15 is 0 Å². The second-order valence-corrected chi connectivity index (χ2v) is 4.59. The van der Waals surface area contributed by atoms with Gasteiger partial charge in [-0.15, -0.1) is 16.9 Å². The number of anilines is 1. The third-order valence-corrected chi connectivity index (χ3v) is 3.01. The zero-order valence-corrected chi connectivity index (χ0v) is 11.0. The predicted molar refractivity (Wildman–Crippen MR) is 69.6 cm³/mol. The van der Waals surface area contributed by atoms with Gasteiger partial charge in [0.15, 0.2) is 0 Å². The Bertz CT molecular complexity index is 537. The molecule has 0 atom stereocenters. The van der Waals surface area contributed by atoms with Crippen LogP contribution in [0.15, 0.2) is 33.6 Å². The second kappa shape index (κ2) is 5.68. The zero-order chi connectivity index (χ0) is 13.0. The molecular formula is C12H13N3O2S. The maximum absolute atomic E-state index is 10.8. The Morgan fingerprint density at radius 2 is 2.06 bits per heavy atom. The standard InChI is InChI=1S/C12H13N3O2S/c1-8(16)13-12-15-14-11(17-12)7-9-3-5-10(18-2)6-4-9/h3-6H,7H2,1-2H3,(H,13,15,16). The minimum absolute atomic E-state index is 0.137. The largest absolute Gasteiger partial charge is 0.407 e. The smallest absolute Gasteiger partial charge is 0.322 e. The molecule has 2 aromatic rings. The van der Waals surface area contributed by atoms with Crippen LogP contribution in [0.5, 0.6) is 0 Å². The minimum atomic E-state index is -0.227. The number of hydrogen-bond donors (Lipinski definition) is 1. The molecule has 2 rings (SSSR count). The molecule has 0 unspecified atom stereocenters. The first kappa shape index (κ1) is 12.6. The first-order valence-electron chi connectivity index (χ1n) is 5.40. The van der Waals surface area contributed by atoms with Crippen LogP contribution in [0.4, 0.5) is 6.01 Å². The van der Waals surface area contributed by atoms with Crippen molar-refractivity contribution < 1.29 is 9.21 Å². The number of carbonyl (C=O) groups is 1. The van der Waals surface area contributed by atoms with E-state index in [0.29, 0.717) is 12.3 Å². The number of amides is 1. The van der Waals surface area contributed by atoms with Crippen LogP contribution in [0.1, 0.15) is 18.4 Å². The molecule has 1 N–H and O–H groups in total. The topological polar surface area (TPSA) is 68.0 Å². The third kappa shape index (κ3) is 3.33. The van der Waals surface area contributed by atoms with Crippen molar-refractivity contribution in [1.29, 1.82) is 0 Å². The summed E-state index contributed by atoms with van der Waals surface area (Å²) in [5, 5.41) is 10.1. The van der Waals surface area contributed by atoms with E-state index < -0.39 is 0 Å². The molecule has 1 heterocycles. The van der Waals surface area contributed by atoms with Gasteiger partial charge in [-0.1, -0.05) is 17.2 Å². The molecule has 0 aliphatic heterocycles. The van der Waals surface area contributed by atoms with Crippen molar-refractivity contribution in [2.24, 2.45) is 0 Å². The quantitative estimate of drug-likeness (QED) is 0.857. The van der Waals surface area contributed by atoms with E-state index in [2.05, 4.69) is 15.5 Å². The number of nitrogens with one attached hydrogen (secondary N) is 1. The van der Waals surface area contributed by atoms with Crippen LogP contribution in [0.3, 0.4) is 0 Å². The van der Waals surface area contributed by atoms with Crippen LogP contribution in [-0.2, 0) is 11.2 Å². The van der Waals surface area contributed by atoms with Gasteiger partial charge < -0.3 is 4.42 Å². The Labute approximate surface area is 109 Å². The molecule has 6 heteroatoms. The first-order chi connectivity index (χ1) is 8.67. The van der Waals surface area contributed by atoms with E-state index in [0.717, 1.165) is 5.56 Å². The Morgan fingerprint density at radius 3 is 2.67 bits per heavy atom. The van der Waals surface area contributed by atoms with Gasteiger partial charge in [-0.25, -0.2) is 0 Å². The summed E-state index contributed by atoms with van der Waals surface area (Å²) < 4.78 is 5.30. The maximum atomic E-state index is 10.8. The van der Waals surface area contributed by atoms with Crippen LogP contribution in [0.2, 0.25) is 0 Å². The molecule has 0 fully saturated rings. The Kier molecular flexibility index (Phi) is 3.99. The van der Waals surface area contributed by atoms with Crippen molar-refractivity contribution in [3.05, 3.63) is 35.7 Å². The van der Waals surface area contributed by atoms with Crippen molar-refractivity contribution >= 4 is 23.7 Å². The maximum Gasteiger partial charge on any atom is 0.322 e. The van der Waals surface area contributed by atoms with Gasteiger partial charge in [0.25, 0.3) is 0 Å². The molecule has 0 aliphatic rings. The summed E-state index contributed by atoms with van der Waals surface area (Å²) in [6, 6.07) is 8.27. The number of rotatable bonds is 4. The van der Waals surface area contributed by atoms with Crippen molar-refractivity contribution in [3.8, 4) is 0 Å². The lowest BCUT2D eigenvalue weighted by Crippen LogP contribution is -2.05. The highest BCUT2D eigenvalue weighted by molar-refractivity contribution is 7.98. The fourth-order valence-electron chi connectivity index (χ4n) is 1.44. The fraction of sp³-hybridized carbons (Fsp3) is 0.250. The average molecular weight is 263 g/mol. The molecule has 0 radical (unpaired) electrons. The number of nitrogens with zero attached hydrogens (tertiary/aromatic N) is 2. The van der Waals surface area contributed by atoms with Crippen LogP contribution >= 0.6 is 11.8 Å². The van der Waals surface area contributed by atoms with Gasteiger partial charge in [-0.2, -0.15) is 0 Å². The van der Waals surface area contributed by atoms with E-state index in [1.165, 1.54) is 11.8 Å².